The van der Waals surface area contributed by atoms with Gasteiger partial charge in [-0.2, -0.15) is 0 Å². The zero-order valence-electron chi connectivity index (χ0n) is 9.59. The molecule has 0 radical (unpaired) electrons. The van der Waals surface area contributed by atoms with Crippen LogP contribution in [0.2, 0.25) is 0 Å². The third-order valence-corrected chi connectivity index (χ3v) is 3.15. The van der Waals surface area contributed by atoms with Crippen molar-refractivity contribution < 1.29 is 9.13 Å². The first-order chi connectivity index (χ1) is 7.67. The highest BCUT2D eigenvalue weighted by Gasteiger charge is 2.10. The zero-order valence-corrected chi connectivity index (χ0v) is 11.2. The minimum Gasteiger partial charge on any atom is -0.380 e. The van der Waals surface area contributed by atoms with E-state index in [1.165, 1.54) is 12.1 Å². The van der Waals surface area contributed by atoms with Gasteiger partial charge in [0.25, 0.3) is 0 Å². The molecule has 0 aliphatic rings. The van der Waals surface area contributed by atoms with Gasteiger partial charge in [0.1, 0.15) is 5.82 Å². The summed E-state index contributed by atoms with van der Waals surface area (Å²) in [6.45, 7) is 3.35. The molecule has 4 heteroatoms. The molecule has 1 aromatic rings. The Morgan fingerprint density at radius 1 is 1.50 bits per heavy atom. The second-order valence-corrected chi connectivity index (χ2v) is 4.44. The first-order valence-corrected chi connectivity index (χ1v) is 6.15. The van der Waals surface area contributed by atoms with E-state index >= 15 is 0 Å². The molecule has 0 aromatic heterocycles. The molecule has 0 aliphatic heterocycles. The van der Waals surface area contributed by atoms with E-state index in [-0.39, 0.29) is 11.9 Å². The Morgan fingerprint density at radius 3 is 2.81 bits per heavy atom. The van der Waals surface area contributed by atoms with Gasteiger partial charge in [-0.3, -0.25) is 0 Å². The lowest BCUT2D eigenvalue weighted by atomic mass is 10.1. The third-order valence-electron chi connectivity index (χ3n) is 2.41. The van der Waals surface area contributed by atoms with Crippen LogP contribution in [0, 0.1) is 5.82 Å². The molecule has 0 saturated heterocycles. The molecule has 16 heavy (non-hydrogen) atoms. The van der Waals surface area contributed by atoms with Crippen LogP contribution in [0.25, 0.3) is 0 Å². The molecular weight excluding hydrogens is 273 g/mol. The summed E-state index contributed by atoms with van der Waals surface area (Å²) in [6.07, 6.45) is 0.817. The summed E-state index contributed by atoms with van der Waals surface area (Å²) < 4.78 is 19.1. The van der Waals surface area contributed by atoms with Gasteiger partial charge in [0.15, 0.2) is 0 Å². The topological polar surface area (TPSA) is 21.3 Å². The number of halogens is 2. The van der Waals surface area contributed by atoms with Gasteiger partial charge in [-0.05, 0) is 38.1 Å². The smallest absolute Gasteiger partial charge is 0.124 e. The predicted octanol–water partition coefficient (Wildman–Crippen LogP) is 2.76. The quantitative estimate of drug-likeness (QED) is 0.870. The Balaban J connectivity index is 2.62. The van der Waals surface area contributed by atoms with Crippen LogP contribution in [0.4, 0.5) is 4.39 Å². The lowest BCUT2D eigenvalue weighted by molar-refractivity contribution is 0.125. The predicted molar refractivity (Wildman–Crippen MR) is 67.1 cm³/mol. The first kappa shape index (κ1) is 13.6. The highest BCUT2D eigenvalue weighted by Crippen LogP contribution is 2.19. The van der Waals surface area contributed by atoms with Gasteiger partial charge in [-0.25, -0.2) is 4.39 Å². The molecule has 0 fully saturated rings. The van der Waals surface area contributed by atoms with Crippen LogP contribution in [0.15, 0.2) is 22.7 Å². The van der Waals surface area contributed by atoms with E-state index in [1.54, 1.807) is 6.07 Å². The molecule has 0 saturated carbocycles. The Hall–Kier alpha value is -0.450. The highest BCUT2D eigenvalue weighted by atomic mass is 79.9. The van der Waals surface area contributed by atoms with Crippen LogP contribution in [-0.4, -0.2) is 26.3 Å². The Bertz CT molecular complexity index is 333. The van der Waals surface area contributed by atoms with Crippen molar-refractivity contribution in [2.75, 3.05) is 20.3 Å². The fraction of sp³-hybridized carbons (Fsp3) is 0.500. The molecule has 1 N–H and O–H groups in total. The van der Waals surface area contributed by atoms with Gasteiger partial charge in [0.05, 0.1) is 6.61 Å². The number of benzene rings is 1. The number of rotatable bonds is 6. The van der Waals surface area contributed by atoms with Gasteiger partial charge in [-0.1, -0.05) is 22.0 Å². The number of likely N-dealkylation sites (N-methyl/N-ethyl adjacent to an activating group) is 1. The first-order valence-electron chi connectivity index (χ1n) is 5.36. The summed E-state index contributed by atoms with van der Waals surface area (Å²) in [5.41, 5.74) is 1.08. The molecule has 90 valence electrons. The molecule has 1 unspecified atom stereocenters. The van der Waals surface area contributed by atoms with Gasteiger partial charge in [0, 0.05) is 17.1 Å². The minimum atomic E-state index is -0.221. The second-order valence-electron chi connectivity index (χ2n) is 3.58. The molecule has 0 spiro atoms. The normalized spacial score (nSPS) is 12.8. The van der Waals surface area contributed by atoms with Crippen molar-refractivity contribution in [1.82, 2.24) is 5.32 Å². The van der Waals surface area contributed by atoms with Crippen molar-refractivity contribution >= 4 is 15.9 Å². The maximum atomic E-state index is 12.9. The summed E-state index contributed by atoms with van der Waals surface area (Å²) in [4.78, 5) is 0. The van der Waals surface area contributed by atoms with Crippen molar-refractivity contribution in [1.29, 1.82) is 0 Å². The molecule has 0 aliphatic carbocycles. The molecule has 1 rings (SSSR count). The van der Waals surface area contributed by atoms with Gasteiger partial charge in [0.2, 0.25) is 0 Å². The molecule has 1 atom stereocenters. The monoisotopic (exact) mass is 289 g/mol. The van der Waals surface area contributed by atoms with E-state index in [0.717, 1.165) is 16.5 Å². The largest absolute Gasteiger partial charge is 0.380 e. The average Bonchev–Trinajstić information content (AvgIpc) is 2.27. The van der Waals surface area contributed by atoms with Gasteiger partial charge in [-0.15, -0.1) is 0 Å². The Kier molecular flexibility index (Phi) is 5.95. The number of hydrogen-bond donors (Lipinski definition) is 1. The van der Waals surface area contributed by atoms with Crippen molar-refractivity contribution in [3.8, 4) is 0 Å². The van der Waals surface area contributed by atoms with E-state index in [9.17, 15) is 4.39 Å². The van der Waals surface area contributed by atoms with E-state index in [2.05, 4.69) is 21.2 Å². The Morgan fingerprint density at radius 2 is 2.25 bits per heavy atom. The van der Waals surface area contributed by atoms with Crippen LogP contribution in [0.3, 0.4) is 0 Å². The zero-order chi connectivity index (χ0) is 12.0. The van der Waals surface area contributed by atoms with E-state index in [0.29, 0.717) is 13.2 Å². The molecule has 0 bridgehead atoms. The molecule has 2 nitrogen and oxygen atoms in total. The number of ether oxygens (including phenoxy) is 1. The van der Waals surface area contributed by atoms with Crippen LogP contribution in [0.5, 0.6) is 0 Å². The van der Waals surface area contributed by atoms with Gasteiger partial charge >= 0.3 is 0 Å². The SMILES string of the molecule is CCOCC(Cc1ccc(F)cc1Br)NC. The average molecular weight is 290 g/mol. The fourth-order valence-corrected chi connectivity index (χ4v) is 1.97. The summed E-state index contributed by atoms with van der Waals surface area (Å²) >= 11 is 3.36. The highest BCUT2D eigenvalue weighted by molar-refractivity contribution is 9.10. The van der Waals surface area contributed by atoms with Crippen LogP contribution in [0.1, 0.15) is 12.5 Å². The molecular formula is C12H17BrFNO. The second kappa shape index (κ2) is 6.99. The van der Waals surface area contributed by atoms with Crippen molar-refractivity contribution in [2.45, 2.75) is 19.4 Å². The van der Waals surface area contributed by atoms with Crippen molar-refractivity contribution in [3.63, 3.8) is 0 Å². The lowest BCUT2D eigenvalue weighted by Crippen LogP contribution is -2.32. The molecule has 0 amide bonds. The summed E-state index contributed by atoms with van der Waals surface area (Å²) in [5.74, 6) is -0.221. The third kappa shape index (κ3) is 4.20. The number of hydrogen-bond acceptors (Lipinski definition) is 2. The Labute approximate surface area is 104 Å². The van der Waals surface area contributed by atoms with Crippen molar-refractivity contribution in [3.05, 3.63) is 34.1 Å². The summed E-state index contributed by atoms with van der Waals surface area (Å²) in [6, 6.07) is 5.02. The summed E-state index contributed by atoms with van der Waals surface area (Å²) in [7, 11) is 1.90. The van der Waals surface area contributed by atoms with Crippen LogP contribution >= 0.6 is 15.9 Å². The maximum absolute atomic E-state index is 12.9. The number of nitrogens with one attached hydrogen (secondary N) is 1. The van der Waals surface area contributed by atoms with Crippen LogP contribution < -0.4 is 5.32 Å². The van der Waals surface area contributed by atoms with E-state index < -0.39 is 0 Å². The van der Waals surface area contributed by atoms with Crippen molar-refractivity contribution in [2.24, 2.45) is 0 Å². The maximum Gasteiger partial charge on any atom is 0.124 e. The molecule has 0 heterocycles. The van der Waals surface area contributed by atoms with E-state index in [4.69, 9.17) is 4.74 Å². The van der Waals surface area contributed by atoms with E-state index in [1.807, 2.05) is 14.0 Å². The molecule has 1 aromatic carbocycles. The fourth-order valence-electron chi connectivity index (χ4n) is 1.46. The van der Waals surface area contributed by atoms with Gasteiger partial charge < -0.3 is 10.1 Å². The standard InChI is InChI=1S/C12H17BrFNO/c1-3-16-8-11(15-2)6-9-4-5-10(14)7-12(9)13/h4-5,7,11,15H,3,6,8H2,1-2H3. The summed E-state index contributed by atoms with van der Waals surface area (Å²) in [5, 5.41) is 3.19. The van der Waals surface area contributed by atoms with Crippen LogP contribution in [-0.2, 0) is 11.2 Å². The minimum absolute atomic E-state index is 0.221. The lowest BCUT2D eigenvalue weighted by Gasteiger charge is -2.16.